The van der Waals surface area contributed by atoms with E-state index in [9.17, 15) is 14.7 Å². The van der Waals surface area contributed by atoms with Gasteiger partial charge in [0.25, 0.3) is 0 Å². The minimum atomic E-state index is -0.955. The Balaban J connectivity index is 1.91. The number of rotatable bonds is 8. The van der Waals surface area contributed by atoms with Gasteiger partial charge in [0.15, 0.2) is 0 Å². The van der Waals surface area contributed by atoms with E-state index in [1.165, 1.54) is 11.1 Å². The number of carboxylic acid groups (broad SMARTS) is 2. The zero-order chi connectivity index (χ0) is 25.0. The lowest BCUT2D eigenvalue weighted by Crippen LogP contribution is -2.47. The van der Waals surface area contributed by atoms with Crippen molar-refractivity contribution in [1.82, 2.24) is 0 Å². The maximum Gasteiger partial charge on any atom is 0.335 e. The van der Waals surface area contributed by atoms with Crippen molar-refractivity contribution in [3.8, 4) is 0 Å². The fourth-order valence-electron chi connectivity index (χ4n) is 5.64. The molecule has 0 aromatic heterocycles. The number of allylic oxidation sites excluding steroid dienone is 7. The van der Waals surface area contributed by atoms with E-state index in [-0.39, 0.29) is 17.4 Å². The van der Waals surface area contributed by atoms with Gasteiger partial charge in [-0.25, -0.2) is 4.79 Å². The second-order valence-corrected chi connectivity index (χ2v) is 10.5. The van der Waals surface area contributed by atoms with Crippen molar-refractivity contribution in [2.45, 2.75) is 60.3 Å². The molecule has 0 aliphatic heterocycles. The summed E-state index contributed by atoms with van der Waals surface area (Å²) in [5.41, 5.74) is 3.74. The largest absolute Gasteiger partial charge is 0.481 e. The molecule has 34 heavy (non-hydrogen) atoms. The maximum absolute atomic E-state index is 12.8. The van der Waals surface area contributed by atoms with Crippen molar-refractivity contribution in [3.63, 3.8) is 0 Å². The van der Waals surface area contributed by atoms with Crippen molar-refractivity contribution < 1.29 is 19.8 Å². The number of aliphatic carboxylic acids is 1. The monoisotopic (exact) mass is 462 g/mol. The molecular weight excluding hydrogens is 424 g/mol. The van der Waals surface area contributed by atoms with Crippen LogP contribution in [-0.2, 0) is 4.79 Å². The average Bonchev–Trinajstić information content (AvgIpc) is 2.78. The zero-order valence-electron chi connectivity index (χ0n) is 21.0. The number of hydrogen-bond acceptors (Lipinski definition) is 2. The third-order valence-electron chi connectivity index (χ3n) is 7.73. The van der Waals surface area contributed by atoms with Crippen LogP contribution in [0.4, 0.5) is 0 Å². The molecule has 2 aliphatic carbocycles. The van der Waals surface area contributed by atoms with E-state index >= 15 is 0 Å². The highest BCUT2D eigenvalue weighted by atomic mass is 16.4. The molecule has 4 nitrogen and oxygen atoms in total. The Morgan fingerprint density at radius 1 is 1.12 bits per heavy atom. The summed E-state index contributed by atoms with van der Waals surface area (Å²) in [6.45, 7) is 10.6. The summed E-state index contributed by atoms with van der Waals surface area (Å²) in [6.07, 6.45) is 14.5. The van der Waals surface area contributed by atoms with Crippen LogP contribution in [0, 0.1) is 29.1 Å². The summed E-state index contributed by atoms with van der Waals surface area (Å²) >= 11 is 0. The molecule has 0 amide bonds. The van der Waals surface area contributed by atoms with Crippen molar-refractivity contribution in [2.75, 3.05) is 0 Å². The molecule has 4 heteroatoms. The fourth-order valence-corrected chi connectivity index (χ4v) is 5.64. The van der Waals surface area contributed by atoms with E-state index in [4.69, 9.17) is 5.11 Å². The molecule has 182 valence electrons. The van der Waals surface area contributed by atoms with E-state index in [2.05, 4.69) is 52.0 Å². The van der Waals surface area contributed by atoms with Gasteiger partial charge in [0.05, 0.1) is 11.0 Å². The molecule has 0 saturated heterocycles. The number of carbonyl (C=O) groups is 2. The minimum absolute atomic E-state index is 0.0549. The van der Waals surface area contributed by atoms with E-state index in [0.717, 1.165) is 36.8 Å². The fraction of sp³-hybridized carbons (Fsp3) is 0.467. The predicted octanol–water partition coefficient (Wildman–Crippen LogP) is 7.40. The van der Waals surface area contributed by atoms with Crippen LogP contribution in [0.3, 0.4) is 0 Å². The molecule has 0 spiro atoms. The predicted molar refractivity (Wildman–Crippen MR) is 138 cm³/mol. The highest BCUT2D eigenvalue weighted by Crippen LogP contribution is 2.53. The Kier molecular flexibility index (Phi) is 8.01. The number of carboxylic acids is 2. The smallest absolute Gasteiger partial charge is 0.335 e. The topological polar surface area (TPSA) is 74.6 Å². The summed E-state index contributed by atoms with van der Waals surface area (Å²) in [5, 5.41) is 19.7. The molecule has 3 rings (SSSR count). The molecule has 2 N–H and O–H groups in total. The molecule has 0 radical (unpaired) electrons. The van der Waals surface area contributed by atoms with Gasteiger partial charge in [-0.3, -0.25) is 4.79 Å². The van der Waals surface area contributed by atoms with Crippen LogP contribution in [0.15, 0.2) is 65.8 Å². The normalized spacial score (nSPS) is 27.4. The van der Waals surface area contributed by atoms with Crippen LogP contribution in [0.2, 0.25) is 0 Å². The molecule has 1 aromatic rings. The van der Waals surface area contributed by atoms with E-state index in [1.54, 1.807) is 24.3 Å². The molecular formula is C30H38O4. The average molecular weight is 463 g/mol. The van der Waals surface area contributed by atoms with Gasteiger partial charge in [-0.1, -0.05) is 60.6 Å². The SMILES string of the molecule is CC(C)=CCC[C@@H](C)[C@@H]1C=C[C@]2(C(=O)O)[C@@H](CC(C)=C[C@H]2/C=C(\C)c2ccc(C(=O)O)cc2)C1. The van der Waals surface area contributed by atoms with Crippen molar-refractivity contribution in [1.29, 1.82) is 0 Å². The van der Waals surface area contributed by atoms with Gasteiger partial charge in [-0.2, -0.15) is 0 Å². The van der Waals surface area contributed by atoms with Gasteiger partial charge in [0, 0.05) is 5.92 Å². The Labute approximate surface area is 203 Å². The summed E-state index contributed by atoms with van der Waals surface area (Å²) in [4.78, 5) is 24.0. The molecule has 2 aliphatic rings. The second kappa shape index (κ2) is 10.6. The maximum atomic E-state index is 12.8. The summed E-state index contributed by atoms with van der Waals surface area (Å²) in [7, 11) is 0. The Bertz CT molecular complexity index is 1040. The second-order valence-electron chi connectivity index (χ2n) is 10.5. The van der Waals surface area contributed by atoms with E-state index < -0.39 is 17.4 Å². The number of fused-ring (bicyclic) bond motifs is 1. The Morgan fingerprint density at radius 3 is 2.35 bits per heavy atom. The summed E-state index contributed by atoms with van der Waals surface area (Å²) in [5.74, 6) is -1.01. The molecule has 0 saturated carbocycles. The quantitative estimate of drug-likeness (QED) is 0.395. The third-order valence-corrected chi connectivity index (χ3v) is 7.73. The third kappa shape index (κ3) is 5.43. The molecule has 0 heterocycles. The van der Waals surface area contributed by atoms with Crippen molar-refractivity contribution in [2.24, 2.45) is 29.1 Å². The number of aromatic carboxylic acids is 1. The Morgan fingerprint density at radius 2 is 1.76 bits per heavy atom. The van der Waals surface area contributed by atoms with Gasteiger partial charge in [0.1, 0.15) is 0 Å². The first-order chi connectivity index (χ1) is 16.0. The van der Waals surface area contributed by atoms with Crippen LogP contribution >= 0.6 is 0 Å². The van der Waals surface area contributed by atoms with Gasteiger partial charge in [-0.15, -0.1) is 0 Å². The number of benzene rings is 1. The molecule has 5 atom stereocenters. The van der Waals surface area contributed by atoms with Gasteiger partial charge >= 0.3 is 11.9 Å². The van der Waals surface area contributed by atoms with Gasteiger partial charge in [-0.05, 0) is 94.4 Å². The van der Waals surface area contributed by atoms with Crippen LogP contribution in [0.5, 0.6) is 0 Å². The van der Waals surface area contributed by atoms with Crippen LogP contribution in [0.1, 0.15) is 76.2 Å². The first-order valence-electron chi connectivity index (χ1n) is 12.3. The van der Waals surface area contributed by atoms with Crippen molar-refractivity contribution in [3.05, 3.63) is 76.9 Å². The minimum Gasteiger partial charge on any atom is -0.481 e. The lowest BCUT2D eigenvalue weighted by atomic mass is 9.55. The van der Waals surface area contributed by atoms with Crippen LogP contribution in [-0.4, -0.2) is 22.2 Å². The molecule has 1 aromatic carbocycles. The highest BCUT2D eigenvalue weighted by molar-refractivity contribution is 5.88. The Hall–Kier alpha value is -2.88. The highest BCUT2D eigenvalue weighted by Gasteiger charge is 2.52. The summed E-state index contributed by atoms with van der Waals surface area (Å²) < 4.78 is 0. The molecule has 0 bridgehead atoms. The van der Waals surface area contributed by atoms with Crippen LogP contribution in [0.25, 0.3) is 5.57 Å². The van der Waals surface area contributed by atoms with E-state index in [0.29, 0.717) is 11.8 Å². The van der Waals surface area contributed by atoms with Crippen molar-refractivity contribution >= 4 is 17.5 Å². The molecule has 0 unspecified atom stereocenters. The first-order valence-corrected chi connectivity index (χ1v) is 12.3. The summed E-state index contributed by atoms with van der Waals surface area (Å²) in [6, 6.07) is 6.77. The lowest BCUT2D eigenvalue weighted by Gasteiger charge is -2.47. The van der Waals surface area contributed by atoms with Crippen LogP contribution < -0.4 is 0 Å². The zero-order valence-corrected chi connectivity index (χ0v) is 21.0. The number of hydrogen-bond donors (Lipinski definition) is 2. The lowest BCUT2D eigenvalue weighted by molar-refractivity contribution is -0.152. The van der Waals surface area contributed by atoms with Gasteiger partial charge in [0.2, 0.25) is 0 Å². The standard InChI is InChI=1S/C30H38O4/c1-19(2)7-6-8-21(4)25-13-14-30(29(33)34)26(15-20(3)16-27(30)18-25)17-22(5)23-9-11-24(12-10-23)28(31)32/h7,9-15,17,21,25-27H,6,8,16,18H2,1-5H3,(H,31,32)(H,33,34)/b22-17+/t21-,25-,26+,27+,30-/m1/s1. The van der Waals surface area contributed by atoms with E-state index in [1.807, 2.05) is 13.0 Å². The van der Waals surface area contributed by atoms with Gasteiger partial charge < -0.3 is 10.2 Å². The first kappa shape index (κ1) is 25.7. The molecule has 0 fully saturated rings.